The topological polar surface area (TPSA) is 77.7 Å². The quantitative estimate of drug-likeness (QED) is 0.818. The Balaban J connectivity index is 1.32. The number of hydrogen-bond donors (Lipinski definition) is 0. The Morgan fingerprint density at radius 3 is 2.81 bits per heavy atom. The van der Waals surface area contributed by atoms with E-state index in [-0.39, 0.29) is 17.6 Å². The Hall–Kier alpha value is -1.47. The number of carbonyl (C=O) groups excluding carboxylic acids is 1. The molecule has 1 amide bonds. The average molecular weight is 363 g/mol. The minimum Gasteiger partial charge on any atom is -0.381 e. The Bertz CT molecular complexity index is 620. The molecule has 0 bridgehead atoms. The number of ether oxygens (including phenoxy) is 2. The van der Waals surface area contributed by atoms with Gasteiger partial charge >= 0.3 is 0 Å². The first-order valence-corrected chi connectivity index (χ1v) is 9.99. The fourth-order valence-electron chi connectivity index (χ4n) is 4.52. The van der Waals surface area contributed by atoms with E-state index < -0.39 is 0 Å². The van der Waals surface area contributed by atoms with Crippen molar-refractivity contribution >= 4 is 5.91 Å². The summed E-state index contributed by atoms with van der Waals surface area (Å²) in [6, 6.07) is 0. The second kappa shape index (κ2) is 7.64. The van der Waals surface area contributed by atoms with Gasteiger partial charge in [-0.2, -0.15) is 4.98 Å². The zero-order valence-corrected chi connectivity index (χ0v) is 15.6. The molecule has 1 aromatic rings. The third kappa shape index (κ3) is 3.93. The minimum atomic E-state index is -0.230. The van der Waals surface area contributed by atoms with Gasteiger partial charge in [-0.3, -0.25) is 4.79 Å². The van der Waals surface area contributed by atoms with Crippen LogP contribution in [0.2, 0.25) is 0 Å². The molecule has 2 aliphatic heterocycles. The third-order valence-electron chi connectivity index (χ3n) is 5.92. The van der Waals surface area contributed by atoms with E-state index in [1.165, 1.54) is 12.8 Å². The van der Waals surface area contributed by atoms with Crippen molar-refractivity contribution in [2.24, 2.45) is 0 Å². The number of morpholine rings is 1. The van der Waals surface area contributed by atoms with Crippen LogP contribution in [0.15, 0.2) is 4.52 Å². The summed E-state index contributed by atoms with van der Waals surface area (Å²) in [5.74, 6) is 2.00. The lowest BCUT2D eigenvalue weighted by atomic mass is 9.91. The summed E-state index contributed by atoms with van der Waals surface area (Å²) >= 11 is 0. The highest BCUT2D eigenvalue weighted by molar-refractivity contribution is 5.76. The van der Waals surface area contributed by atoms with Crippen molar-refractivity contribution in [2.45, 2.75) is 75.9 Å². The molecule has 1 aliphatic carbocycles. The summed E-state index contributed by atoms with van der Waals surface area (Å²) < 4.78 is 17.0. The number of amides is 1. The van der Waals surface area contributed by atoms with Gasteiger partial charge in [-0.1, -0.05) is 18.0 Å². The summed E-state index contributed by atoms with van der Waals surface area (Å²) in [5, 5.41) is 4.12. The summed E-state index contributed by atoms with van der Waals surface area (Å²) in [6.07, 6.45) is 7.48. The molecule has 1 atom stereocenters. The molecule has 2 saturated heterocycles. The number of hydrogen-bond acceptors (Lipinski definition) is 6. The highest BCUT2D eigenvalue weighted by atomic mass is 16.5. The number of aryl methyl sites for hydroxylation is 1. The SMILES string of the molecule is CC1CN(C(=O)CCc2nc(C3CCCC3)no2)CC2(CCOCC2)O1. The van der Waals surface area contributed by atoms with Crippen molar-refractivity contribution in [3.05, 3.63) is 11.7 Å². The van der Waals surface area contributed by atoms with E-state index in [2.05, 4.69) is 10.1 Å². The summed E-state index contributed by atoms with van der Waals surface area (Å²) in [4.78, 5) is 19.2. The van der Waals surface area contributed by atoms with Gasteiger partial charge in [-0.25, -0.2) is 0 Å². The van der Waals surface area contributed by atoms with Crippen LogP contribution in [-0.2, 0) is 20.7 Å². The maximum atomic E-state index is 12.8. The van der Waals surface area contributed by atoms with E-state index in [1.807, 2.05) is 11.8 Å². The molecule has 1 saturated carbocycles. The predicted octanol–water partition coefficient (Wildman–Crippen LogP) is 2.46. The molecule has 1 aromatic heterocycles. The monoisotopic (exact) mass is 363 g/mol. The second-order valence-electron chi connectivity index (χ2n) is 8.03. The Labute approximate surface area is 154 Å². The molecule has 0 aromatic carbocycles. The van der Waals surface area contributed by atoms with Gasteiger partial charge in [-0.05, 0) is 19.8 Å². The molecule has 0 radical (unpaired) electrons. The molecule has 7 nitrogen and oxygen atoms in total. The van der Waals surface area contributed by atoms with Crippen LogP contribution >= 0.6 is 0 Å². The fraction of sp³-hybridized carbons (Fsp3) is 0.842. The third-order valence-corrected chi connectivity index (χ3v) is 5.92. The number of nitrogens with zero attached hydrogens (tertiary/aromatic N) is 3. The van der Waals surface area contributed by atoms with Crippen LogP contribution in [0.5, 0.6) is 0 Å². The lowest BCUT2D eigenvalue weighted by Crippen LogP contribution is -2.58. The molecular weight excluding hydrogens is 334 g/mol. The molecule has 3 aliphatic rings. The molecule has 26 heavy (non-hydrogen) atoms. The smallest absolute Gasteiger partial charge is 0.227 e. The molecule has 7 heteroatoms. The van der Waals surface area contributed by atoms with Crippen LogP contribution in [0.1, 0.15) is 69.5 Å². The van der Waals surface area contributed by atoms with Crippen molar-refractivity contribution < 1.29 is 18.8 Å². The summed E-state index contributed by atoms with van der Waals surface area (Å²) in [6.45, 7) is 4.78. The maximum Gasteiger partial charge on any atom is 0.227 e. The molecular formula is C19H29N3O4. The Morgan fingerprint density at radius 2 is 2.04 bits per heavy atom. The molecule has 1 spiro atoms. The largest absolute Gasteiger partial charge is 0.381 e. The first-order valence-electron chi connectivity index (χ1n) is 9.99. The molecule has 1 unspecified atom stereocenters. The molecule has 3 fully saturated rings. The highest BCUT2D eigenvalue weighted by Gasteiger charge is 2.42. The average Bonchev–Trinajstić information content (AvgIpc) is 3.31. The number of rotatable bonds is 4. The van der Waals surface area contributed by atoms with Crippen LogP contribution in [0, 0.1) is 0 Å². The van der Waals surface area contributed by atoms with Gasteiger partial charge in [0.15, 0.2) is 5.82 Å². The zero-order chi connectivity index (χ0) is 18.0. The van der Waals surface area contributed by atoms with E-state index in [4.69, 9.17) is 14.0 Å². The number of carbonyl (C=O) groups is 1. The zero-order valence-electron chi connectivity index (χ0n) is 15.6. The van der Waals surface area contributed by atoms with E-state index >= 15 is 0 Å². The van der Waals surface area contributed by atoms with Crippen LogP contribution in [-0.4, -0.2) is 59.0 Å². The van der Waals surface area contributed by atoms with Crippen molar-refractivity contribution in [3.63, 3.8) is 0 Å². The standard InChI is InChI=1S/C19H29N3O4/c1-14-12-22(13-19(25-14)8-10-24-11-9-19)17(23)7-6-16-20-18(21-26-16)15-4-2-3-5-15/h14-15H,2-13H2,1H3. The molecule has 3 heterocycles. The van der Waals surface area contributed by atoms with Gasteiger partial charge in [0.25, 0.3) is 0 Å². The van der Waals surface area contributed by atoms with Gasteiger partial charge < -0.3 is 18.9 Å². The summed E-state index contributed by atoms with van der Waals surface area (Å²) in [7, 11) is 0. The highest BCUT2D eigenvalue weighted by Crippen LogP contribution is 2.33. The molecule has 4 rings (SSSR count). The van der Waals surface area contributed by atoms with Gasteiger partial charge in [0.1, 0.15) is 0 Å². The molecule has 144 valence electrons. The molecule has 0 N–H and O–H groups in total. The normalized spacial score (nSPS) is 26.5. The van der Waals surface area contributed by atoms with Gasteiger partial charge in [-0.15, -0.1) is 0 Å². The maximum absolute atomic E-state index is 12.8. The Kier molecular flexibility index (Phi) is 5.27. The van der Waals surface area contributed by atoms with Crippen LogP contribution < -0.4 is 0 Å². The minimum absolute atomic E-state index is 0.0585. The fourth-order valence-corrected chi connectivity index (χ4v) is 4.52. The van der Waals surface area contributed by atoms with Gasteiger partial charge in [0, 0.05) is 57.9 Å². The van der Waals surface area contributed by atoms with Gasteiger partial charge in [0.05, 0.1) is 11.7 Å². The summed E-state index contributed by atoms with van der Waals surface area (Å²) in [5.41, 5.74) is -0.230. The van der Waals surface area contributed by atoms with Crippen molar-refractivity contribution in [2.75, 3.05) is 26.3 Å². The first kappa shape index (κ1) is 17.9. The van der Waals surface area contributed by atoms with E-state index in [9.17, 15) is 4.79 Å². The lowest BCUT2D eigenvalue weighted by molar-refractivity contribution is -0.189. The number of aromatic nitrogens is 2. The lowest BCUT2D eigenvalue weighted by Gasteiger charge is -2.47. The van der Waals surface area contributed by atoms with Crippen LogP contribution in [0.4, 0.5) is 0 Å². The first-order chi connectivity index (χ1) is 12.6. The van der Waals surface area contributed by atoms with Crippen molar-refractivity contribution in [1.82, 2.24) is 15.0 Å². The van der Waals surface area contributed by atoms with Crippen molar-refractivity contribution in [3.8, 4) is 0 Å². The van der Waals surface area contributed by atoms with Crippen LogP contribution in [0.25, 0.3) is 0 Å². The van der Waals surface area contributed by atoms with Crippen molar-refractivity contribution in [1.29, 1.82) is 0 Å². The van der Waals surface area contributed by atoms with Crippen LogP contribution in [0.3, 0.4) is 0 Å². The van der Waals surface area contributed by atoms with E-state index in [0.717, 1.165) is 31.5 Å². The second-order valence-corrected chi connectivity index (χ2v) is 8.03. The van der Waals surface area contributed by atoms with E-state index in [0.29, 0.717) is 51.0 Å². The van der Waals surface area contributed by atoms with Gasteiger partial charge in [0.2, 0.25) is 11.8 Å². The Morgan fingerprint density at radius 1 is 1.27 bits per heavy atom. The van der Waals surface area contributed by atoms with E-state index in [1.54, 1.807) is 0 Å². The predicted molar refractivity (Wildman–Crippen MR) is 93.7 cm³/mol.